The first-order valence-corrected chi connectivity index (χ1v) is 6.90. The average molecular weight is 311 g/mol. The maximum Gasteiger partial charge on any atom is 0.339 e. The van der Waals surface area contributed by atoms with Gasteiger partial charge in [0, 0.05) is 17.1 Å². The first-order chi connectivity index (χ1) is 9.97. The van der Waals surface area contributed by atoms with E-state index in [1.807, 2.05) is 0 Å². The van der Waals surface area contributed by atoms with E-state index in [0.717, 1.165) is 12.1 Å². The monoisotopic (exact) mass is 311 g/mol. The minimum absolute atomic E-state index is 0.0809. The summed E-state index contributed by atoms with van der Waals surface area (Å²) in [7, 11) is 0. The van der Waals surface area contributed by atoms with Crippen molar-refractivity contribution in [3.63, 3.8) is 0 Å². The second-order valence-corrected chi connectivity index (χ2v) is 4.96. The molecule has 1 atom stereocenters. The number of halogens is 2. The van der Waals surface area contributed by atoms with Crippen LogP contribution in [0.15, 0.2) is 35.0 Å². The molecule has 1 aromatic heterocycles. The third-order valence-corrected chi connectivity index (χ3v) is 3.28. The van der Waals surface area contributed by atoms with Crippen molar-refractivity contribution in [3.05, 3.63) is 52.2 Å². The summed E-state index contributed by atoms with van der Waals surface area (Å²) in [4.78, 5) is 23.5. The summed E-state index contributed by atoms with van der Waals surface area (Å²) in [5, 5.41) is 5.65. The molecule has 1 N–H and O–H groups in total. The highest BCUT2D eigenvalue weighted by Gasteiger charge is 2.19. The van der Waals surface area contributed by atoms with E-state index in [1.54, 1.807) is 16.8 Å². The quantitative estimate of drug-likeness (QED) is 0.882. The predicted molar refractivity (Wildman–Crippen MR) is 74.2 cm³/mol. The Labute approximate surface area is 123 Å². The fraction of sp³-hybridized carbons (Fsp3) is 0.143. The summed E-state index contributed by atoms with van der Waals surface area (Å²) < 4.78 is 30.8. The van der Waals surface area contributed by atoms with E-state index in [2.05, 4.69) is 5.32 Å². The molecule has 0 bridgehead atoms. The van der Waals surface area contributed by atoms with Crippen molar-refractivity contribution in [2.24, 2.45) is 0 Å². The Morgan fingerprint density at radius 2 is 2.00 bits per heavy atom. The van der Waals surface area contributed by atoms with Crippen LogP contribution in [0.2, 0.25) is 0 Å². The lowest BCUT2D eigenvalue weighted by Gasteiger charge is -2.13. The number of ether oxygens (including phenoxy) is 1. The molecule has 4 nitrogen and oxygen atoms in total. The number of carbonyl (C=O) groups is 2. The van der Waals surface area contributed by atoms with Gasteiger partial charge in [0.15, 0.2) is 17.7 Å². The smallest absolute Gasteiger partial charge is 0.339 e. The molecule has 1 heterocycles. The molecule has 0 unspecified atom stereocenters. The Morgan fingerprint density at radius 3 is 2.62 bits per heavy atom. The highest BCUT2D eigenvalue weighted by molar-refractivity contribution is 7.08. The molecule has 0 saturated carbocycles. The van der Waals surface area contributed by atoms with Gasteiger partial charge in [-0.3, -0.25) is 4.79 Å². The van der Waals surface area contributed by atoms with Crippen LogP contribution in [0.5, 0.6) is 0 Å². The number of carbonyl (C=O) groups excluding carboxylic acids is 2. The second kappa shape index (κ2) is 6.45. The highest BCUT2D eigenvalue weighted by atomic mass is 32.1. The Balaban J connectivity index is 1.96. The minimum atomic E-state index is -1.07. The number of anilines is 1. The molecule has 1 amide bonds. The van der Waals surface area contributed by atoms with E-state index < -0.39 is 29.6 Å². The van der Waals surface area contributed by atoms with E-state index in [4.69, 9.17) is 4.74 Å². The van der Waals surface area contributed by atoms with Crippen LogP contribution in [0.3, 0.4) is 0 Å². The molecule has 1 aromatic carbocycles. The summed E-state index contributed by atoms with van der Waals surface area (Å²) in [5.41, 5.74) is 0.435. The average Bonchev–Trinajstić information content (AvgIpc) is 2.97. The van der Waals surface area contributed by atoms with Gasteiger partial charge in [0.05, 0.1) is 5.56 Å². The van der Waals surface area contributed by atoms with E-state index >= 15 is 0 Å². The Morgan fingerprint density at radius 1 is 1.24 bits per heavy atom. The van der Waals surface area contributed by atoms with E-state index in [0.29, 0.717) is 5.56 Å². The van der Waals surface area contributed by atoms with Crippen LogP contribution < -0.4 is 5.32 Å². The maximum atomic E-state index is 13.0. The molecule has 2 rings (SSSR count). The van der Waals surface area contributed by atoms with Gasteiger partial charge in [0.25, 0.3) is 5.91 Å². The number of rotatable bonds is 4. The number of thiophene rings is 1. The number of amides is 1. The van der Waals surface area contributed by atoms with Gasteiger partial charge >= 0.3 is 5.97 Å². The largest absolute Gasteiger partial charge is 0.449 e. The Hall–Kier alpha value is -2.28. The number of esters is 1. The van der Waals surface area contributed by atoms with Crippen LogP contribution in [-0.2, 0) is 9.53 Å². The lowest BCUT2D eigenvalue weighted by molar-refractivity contribution is -0.123. The van der Waals surface area contributed by atoms with E-state index in [-0.39, 0.29) is 5.69 Å². The van der Waals surface area contributed by atoms with Crippen molar-refractivity contribution in [2.75, 3.05) is 5.32 Å². The van der Waals surface area contributed by atoms with Crippen molar-refractivity contribution in [3.8, 4) is 0 Å². The molecule has 0 aliphatic rings. The number of benzene rings is 1. The van der Waals surface area contributed by atoms with Gasteiger partial charge in [-0.05, 0) is 30.5 Å². The SMILES string of the molecule is C[C@@H](OC(=O)c1ccsc1)C(=O)Nc1ccc(F)c(F)c1. The van der Waals surface area contributed by atoms with Crippen LogP contribution in [0.4, 0.5) is 14.5 Å². The first-order valence-electron chi connectivity index (χ1n) is 5.96. The van der Waals surface area contributed by atoms with Gasteiger partial charge in [0.2, 0.25) is 0 Å². The third kappa shape index (κ3) is 3.85. The van der Waals surface area contributed by atoms with Crippen molar-refractivity contribution >= 4 is 28.9 Å². The molecule has 21 heavy (non-hydrogen) atoms. The zero-order chi connectivity index (χ0) is 15.4. The molecule has 0 radical (unpaired) electrons. The van der Waals surface area contributed by atoms with Gasteiger partial charge in [-0.1, -0.05) is 0 Å². The van der Waals surface area contributed by atoms with Crippen molar-refractivity contribution in [2.45, 2.75) is 13.0 Å². The fourth-order valence-corrected chi connectivity index (χ4v) is 2.11. The van der Waals surface area contributed by atoms with Gasteiger partial charge in [-0.15, -0.1) is 0 Å². The Kier molecular flexibility index (Phi) is 4.64. The number of hydrogen-bond acceptors (Lipinski definition) is 4. The van der Waals surface area contributed by atoms with E-state index in [1.165, 1.54) is 24.3 Å². The van der Waals surface area contributed by atoms with Crippen LogP contribution in [0, 0.1) is 11.6 Å². The molecule has 0 fully saturated rings. The second-order valence-electron chi connectivity index (χ2n) is 4.18. The van der Waals surface area contributed by atoms with Crippen LogP contribution in [-0.4, -0.2) is 18.0 Å². The van der Waals surface area contributed by atoms with E-state index in [9.17, 15) is 18.4 Å². The third-order valence-electron chi connectivity index (χ3n) is 2.60. The topological polar surface area (TPSA) is 55.4 Å². The van der Waals surface area contributed by atoms with Crippen LogP contribution >= 0.6 is 11.3 Å². The van der Waals surface area contributed by atoms with Gasteiger partial charge in [-0.2, -0.15) is 11.3 Å². The zero-order valence-corrected chi connectivity index (χ0v) is 11.7. The van der Waals surface area contributed by atoms with Gasteiger partial charge < -0.3 is 10.1 Å². The molecule has 110 valence electrons. The summed E-state index contributed by atoms with van der Waals surface area (Å²) in [6.07, 6.45) is -1.06. The van der Waals surface area contributed by atoms with Crippen molar-refractivity contribution in [1.82, 2.24) is 0 Å². The summed E-state index contributed by atoms with van der Waals surface area (Å²) >= 11 is 1.33. The number of hydrogen-bond donors (Lipinski definition) is 1. The normalized spacial score (nSPS) is 11.8. The van der Waals surface area contributed by atoms with Crippen LogP contribution in [0.1, 0.15) is 17.3 Å². The highest BCUT2D eigenvalue weighted by Crippen LogP contribution is 2.14. The molecule has 0 saturated heterocycles. The first kappa shape index (κ1) is 15.1. The fourth-order valence-electron chi connectivity index (χ4n) is 1.48. The van der Waals surface area contributed by atoms with Gasteiger partial charge in [-0.25, -0.2) is 13.6 Å². The summed E-state index contributed by atoms with van der Waals surface area (Å²) in [5.74, 6) is -3.34. The lowest BCUT2D eigenvalue weighted by atomic mass is 10.2. The minimum Gasteiger partial charge on any atom is -0.449 e. The Bertz CT molecular complexity index is 658. The molecule has 0 aliphatic heterocycles. The molecule has 0 aliphatic carbocycles. The summed E-state index contributed by atoms with van der Waals surface area (Å²) in [6, 6.07) is 4.53. The molecule has 7 heteroatoms. The maximum absolute atomic E-state index is 13.0. The predicted octanol–water partition coefficient (Wildman–Crippen LogP) is 3.21. The molecule has 0 spiro atoms. The van der Waals surface area contributed by atoms with Crippen molar-refractivity contribution in [1.29, 1.82) is 0 Å². The molecule has 2 aromatic rings. The van der Waals surface area contributed by atoms with Gasteiger partial charge in [0.1, 0.15) is 0 Å². The zero-order valence-electron chi connectivity index (χ0n) is 10.9. The summed E-state index contributed by atoms with van der Waals surface area (Å²) in [6.45, 7) is 1.39. The molecular weight excluding hydrogens is 300 g/mol. The standard InChI is InChI=1S/C14H11F2NO3S/c1-8(20-14(19)9-4-5-21-7-9)13(18)17-10-2-3-11(15)12(16)6-10/h2-8H,1H3,(H,17,18)/t8-/m1/s1. The van der Waals surface area contributed by atoms with Crippen molar-refractivity contribution < 1.29 is 23.1 Å². The van der Waals surface area contributed by atoms with Crippen LogP contribution in [0.25, 0.3) is 0 Å². The lowest BCUT2D eigenvalue weighted by Crippen LogP contribution is -2.29. The number of nitrogens with one attached hydrogen (secondary N) is 1. The molecular formula is C14H11F2NO3S.